The van der Waals surface area contributed by atoms with E-state index < -0.39 is 0 Å². The Morgan fingerprint density at radius 2 is 1.95 bits per heavy atom. The van der Waals surface area contributed by atoms with Crippen LogP contribution >= 0.6 is 11.3 Å². The molecule has 100 valence electrons. The predicted octanol–water partition coefficient (Wildman–Crippen LogP) is 4.23. The van der Waals surface area contributed by atoms with E-state index in [9.17, 15) is 0 Å². The molecule has 1 aromatic heterocycles. The number of benzene rings is 2. The molecule has 4 heteroatoms. The van der Waals surface area contributed by atoms with Crippen molar-refractivity contribution in [2.75, 3.05) is 11.9 Å². The van der Waals surface area contributed by atoms with E-state index in [4.69, 9.17) is 4.74 Å². The van der Waals surface area contributed by atoms with Gasteiger partial charge in [-0.25, -0.2) is 4.98 Å². The highest BCUT2D eigenvalue weighted by molar-refractivity contribution is 7.22. The minimum Gasteiger partial charge on any atom is -0.493 e. The van der Waals surface area contributed by atoms with E-state index in [0.717, 1.165) is 29.4 Å². The number of hydrogen-bond acceptors (Lipinski definition) is 4. The molecule has 0 fully saturated rings. The minimum absolute atomic E-state index is 0.278. The number of aromatic nitrogens is 1. The number of nitrogens with one attached hydrogen (secondary N) is 1. The molecule has 0 radical (unpaired) electrons. The number of rotatable bonds is 2. The Morgan fingerprint density at radius 3 is 2.90 bits per heavy atom. The van der Waals surface area contributed by atoms with Crippen LogP contribution in [0, 0.1) is 0 Å². The van der Waals surface area contributed by atoms with E-state index in [1.165, 1.54) is 10.3 Å². The Kier molecular flexibility index (Phi) is 2.81. The highest BCUT2D eigenvalue weighted by Crippen LogP contribution is 2.35. The van der Waals surface area contributed by atoms with Gasteiger partial charge in [-0.3, -0.25) is 0 Å². The molecule has 1 atom stereocenters. The zero-order valence-electron chi connectivity index (χ0n) is 10.9. The van der Waals surface area contributed by atoms with E-state index in [2.05, 4.69) is 34.6 Å². The molecule has 4 rings (SSSR count). The average Bonchev–Trinajstić information content (AvgIpc) is 2.90. The third kappa shape index (κ3) is 2.02. The third-order valence-corrected chi connectivity index (χ3v) is 4.52. The maximum absolute atomic E-state index is 5.69. The normalized spacial score (nSPS) is 17.5. The van der Waals surface area contributed by atoms with Gasteiger partial charge in [-0.2, -0.15) is 0 Å². The van der Waals surface area contributed by atoms with Gasteiger partial charge in [0.2, 0.25) is 0 Å². The van der Waals surface area contributed by atoms with Gasteiger partial charge in [0.15, 0.2) is 5.13 Å². The third-order valence-electron chi connectivity index (χ3n) is 3.55. The summed E-state index contributed by atoms with van der Waals surface area (Å²) >= 11 is 1.70. The van der Waals surface area contributed by atoms with Crippen molar-refractivity contribution in [2.45, 2.75) is 12.5 Å². The van der Waals surface area contributed by atoms with Crippen molar-refractivity contribution in [3.63, 3.8) is 0 Å². The number of para-hydroxylation sites is 2. The predicted molar refractivity (Wildman–Crippen MR) is 82.5 cm³/mol. The van der Waals surface area contributed by atoms with E-state index in [-0.39, 0.29) is 6.04 Å². The van der Waals surface area contributed by atoms with Crippen LogP contribution in [-0.4, -0.2) is 11.6 Å². The van der Waals surface area contributed by atoms with Gasteiger partial charge < -0.3 is 10.1 Å². The number of nitrogens with zero attached hydrogens (tertiary/aromatic N) is 1. The molecular formula is C16H14N2OS. The first-order valence-corrected chi connectivity index (χ1v) is 7.56. The molecule has 0 saturated heterocycles. The van der Waals surface area contributed by atoms with Crippen molar-refractivity contribution in [3.8, 4) is 5.75 Å². The first-order valence-electron chi connectivity index (χ1n) is 6.74. The standard InChI is InChI=1S/C16H14N2OS/c1-3-7-14-11(5-1)12(9-10-19-14)17-16-18-13-6-2-4-8-15(13)20-16/h1-8,12H,9-10H2,(H,17,18). The topological polar surface area (TPSA) is 34.1 Å². The molecule has 0 aliphatic carbocycles. The summed E-state index contributed by atoms with van der Waals surface area (Å²) in [6, 6.07) is 16.7. The number of fused-ring (bicyclic) bond motifs is 2. The van der Waals surface area contributed by atoms with Gasteiger partial charge in [-0.15, -0.1) is 0 Å². The first kappa shape index (κ1) is 11.7. The van der Waals surface area contributed by atoms with Gasteiger partial charge >= 0.3 is 0 Å². The van der Waals surface area contributed by atoms with Gasteiger partial charge in [0.05, 0.1) is 22.9 Å². The Hall–Kier alpha value is -2.07. The first-order chi connectivity index (χ1) is 9.90. The summed E-state index contributed by atoms with van der Waals surface area (Å²) in [4.78, 5) is 4.65. The molecule has 1 unspecified atom stereocenters. The Balaban J connectivity index is 1.66. The zero-order valence-corrected chi connectivity index (χ0v) is 11.7. The molecule has 2 heterocycles. The fourth-order valence-electron chi connectivity index (χ4n) is 2.58. The van der Waals surface area contributed by atoms with E-state index in [1.54, 1.807) is 11.3 Å². The summed E-state index contributed by atoms with van der Waals surface area (Å²) < 4.78 is 6.91. The van der Waals surface area contributed by atoms with E-state index in [0.29, 0.717) is 0 Å². The Morgan fingerprint density at radius 1 is 1.10 bits per heavy atom. The van der Waals surface area contributed by atoms with Gasteiger partial charge in [0, 0.05) is 12.0 Å². The lowest BCUT2D eigenvalue weighted by Gasteiger charge is -2.26. The Labute approximate surface area is 121 Å². The summed E-state index contributed by atoms with van der Waals surface area (Å²) in [7, 11) is 0. The number of thiazole rings is 1. The minimum atomic E-state index is 0.278. The molecular weight excluding hydrogens is 268 g/mol. The summed E-state index contributed by atoms with van der Waals surface area (Å²) in [6.07, 6.45) is 0.965. The maximum Gasteiger partial charge on any atom is 0.184 e. The van der Waals surface area contributed by atoms with Crippen LogP contribution in [0.3, 0.4) is 0 Å². The number of anilines is 1. The fourth-order valence-corrected chi connectivity index (χ4v) is 3.49. The van der Waals surface area contributed by atoms with Crippen molar-refractivity contribution < 1.29 is 4.74 Å². The molecule has 2 aromatic carbocycles. The second-order valence-electron chi connectivity index (χ2n) is 4.86. The van der Waals surface area contributed by atoms with Crippen LogP contribution in [0.15, 0.2) is 48.5 Å². The van der Waals surface area contributed by atoms with E-state index in [1.807, 2.05) is 24.3 Å². The summed E-state index contributed by atoms with van der Waals surface area (Å²) in [5.74, 6) is 0.984. The molecule has 20 heavy (non-hydrogen) atoms. The van der Waals surface area contributed by atoms with Crippen LogP contribution in [-0.2, 0) is 0 Å². The molecule has 0 spiro atoms. The van der Waals surface area contributed by atoms with E-state index >= 15 is 0 Å². The summed E-state index contributed by atoms with van der Waals surface area (Å²) in [5, 5.41) is 4.53. The monoisotopic (exact) mass is 282 g/mol. The lowest BCUT2D eigenvalue weighted by molar-refractivity contribution is 0.274. The zero-order chi connectivity index (χ0) is 13.4. The van der Waals surface area contributed by atoms with Crippen molar-refractivity contribution in [1.82, 2.24) is 4.98 Å². The van der Waals surface area contributed by atoms with Crippen molar-refractivity contribution in [1.29, 1.82) is 0 Å². The maximum atomic E-state index is 5.69. The average molecular weight is 282 g/mol. The van der Waals surface area contributed by atoms with Crippen LogP contribution in [0.4, 0.5) is 5.13 Å². The second kappa shape index (κ2) is 4.80. The highest BCUT2D eigenvalue weighted by Gasteiger charge is 2.21. The number of hydrogen-bond donors (Lipinski definition) is 1. The van der Waals surface area contributed by atoms with Crippen LogP contribution in [0.25, 0.3) is 10.2 Å². The van der Waals surface area contributed by atoms with Crippen LogP contribution in [0.2, 0.25) is 0 Å². The largest absolute Gasteiger partial charge is 0.493 e. The SMILES string of the molecule is c1ccc2c(c1)OCCC2Nc1nc2ccccc2s1. The Bertz CT molecular complexity index is 720. The molecule has 0 amide bonds. The molecule has 3 nitrogen and oxygen atoms in total. The number of ether oxygens (including phenoxy) is 1. The quantitative estimate of drug-likeness (QED) is 0.763. The van der Waals surface area contributed by atoms with Gasteiger partial charge in [-0.1, -0.05) is 41.7 Å². The molecule has 1 aliphatic rings. The molecule has 0 bridgehead atoms. The fraction of sp³-hybridized carbons (Fsp3) is 0.188. The van der Waals surface area contributed by atoms with Crippen LogP contribution < -0.4 is 10.1 Å². The summed E-state index contributed by atoms with van der Waals surface area (Å²) in [5.41, 5.74) is 2.28. The van der Waals surface area contributed by atoms with Crippen molar-refractivity contribution >= 4 is 26.7 Å². The van der Waals surface area contributed by atoms with Crippen molar-refractivity contribution in [2.24, 2.45) is 0 Å². The van der Waals surface area contributed by atoms with Gasteiger partial charge in [-0.05, 0) is 18.2 Å². The second-order valence-corrected chi connectivity index (χ2v) is 5.89. The smallest absolute Gasteiger partial charge is 0.184 e. The van der Waals surface area contributed by atoms with Gasteiger partial charge in [0.25, 0.3) is 0 Å². The summed E-state index contributed by atoms with van der Waals surface area (Å²) in [6.45, 7) is 0.750. The molecule has 3 aromatic rings. The molecule has 1 aliphatic heterocycles. The lowest BCUT2D eigenvalue weighted by atomic mass is 10.0. The molecule has 1 N–H and O–H groups in total. The van der Waals surface area contributed by atoms with Crippen molar-refractivity contribution in [3.05, 3.63) is 54.1 Å². The van der Waals surface area contributed by atoms with Gasteiger partial charge in [0.1, 0.15) is 5.75 Å². The van der Waals surface area contributed by atoms with Crippen LogP contribution in [0.1, 0.15) is 18.0 Å². The molecule has 0 saturated carbocycles. The highest BCUT2D eigenvalue weighted by atomic mass is 32.1. The lowest BCUT2D eigenvalue weighted by Crippen LogP contribution is -2.20. The van der Waals surface area contributed by atoms with Crippen LogP contribution in [0.5, 0.6) is 5.75 Å².